The van der Waals surface area contributed by atoms with Gasteiger partial charge in [-0.15, -0.1) is 0 Å². The summed E-state index contributed by atoms with van der Waals surface area (Å²) in [6.07, 6.45) is 1.71. The summed E-state index contributed by atoms with van der Waals surface area (Å²) in [6, 6.07) is 6.63. The van der Waals surface area contributed by atoms with Gasteiger partial charge in [-0.1, -0.05) is 6.07 Å². The third-order valence-corrected chi connectivity index (χ3v) is 3.37. The van der Waals surface area contributed by atoms with Gasteiger partial charge in [0.05, 0.1) is 22.0 Å². The van der Waals surface area contributed by atoms with E-state index >= 15 is 0 Å². The van der Waals surface area contributed by atoms with Crippen molar-refractivity contribution in [1.29, 1.82) is 0 Å². The number of halogens is 2. The predicted molar refractivity (Wildman–Crippen MR) is 85.8 cm³/mol. The third-order valence-electron chi connectivity index (χ3n) is 2.76. The summed E-state index contributed by atoms with van der Waals surface area (Å²) < 4.78 is 19.5. The van der Waals surface area contributed by atoms with Crippen LogP contribution in [-0.2, 0) is 6.54 Å². The van der Waals surface area contributed by atoms with Crippen LogP contribution in [0.4, 0.5) is 15.8 Å². The van der Waals surface area contributed by atoms with Crippen LogP contribution in [0.2, 0.25) is 0 Å². The lowest BCUT2D eigenvalue weighted by Crippen LogP contribution is -2.11. The van der Waals surface area contributed by atoms with Crippen molar-refractivity contribution in [2.75, 3.05) is 11.1 Å². The minimum Gasteiger partial charge on any atom is -0.475 e. The number of benzene rings is 1. The second-order valence-electron chi connectivity index (χ2n) is 4.84. The topological polar surface area (TPSA) is 60.2 Å². The molecule has 0 aliphatic heterocycles. The molecule has 3 N–H and O–H groups in total. The van der Waals surface area contributed by atoms with E-state index in [0.29, 0.717) is 28.3 Å². The molecular weight excluding hydrogens is 337 g/mol. The highest BCUT2D eigenvalue weighted by atomic mass is 79.9. The first-order valence-electron chi connectivity index (χ1n) is 6.56. The van der Waals surface area contributed by atoms with Gasteiger partial charge in [0, 0.05) is 24.4 Å². The number of pyridine rings is 1. The molecule has 4 nitrogen and oxygen atoms in total. The lowest BCUT2D eigenvalue weighted by Gasteiger charge is -2.14. The molecule has 2 aromatic rings. The summed E-state index contributed by atoms with van der Waals surface area (Å²) in [7, 11) is 0. The van der Waals surface area contributed by atoms with Gasteiger partial charge in [0.15, 0.2) is 0 Å². The maximum Gasteiger partial charge on any atom is 0.218 e. The van der Waals surface area contributed by atoms with Gasteiger partial charge in [0.25, 0.3) is 0 Å². The molecular formula is C15H17BrFN3O. The summed E-state index contributed by atoms with van der Waals surface area (Å²) in [6.45, 7) is 4.32. The first-order valence-corrected chi connectivity index (χ1v) is 7.35. The van der Waals surface area contributed by atoms with Crippen molar-refractivity contribution in [1.82, 2.24) is 4.98 Å². The average molecular weight is 354 g/mol. The smallest absolute Gasteiger partial charge is 0.218 e. The number of anilines is 2. The molecule has 2 rings (SSSR count). The summed E-state index contributed by atoms with van der Waals surface area (Å²) in [5, 5.41) is 3.11. The molecule has 0 aliphatic rings. The predicted octanol–water partition coefficient (Wildman–Crippen LogP) is 3.96. The van der Waals surface area contributed by atoms with Crippen molar-refractivity contribution >= 4 is 27.3 Å². The van der Waals surface area contributed by atoms with Gasteiger partial charge in [-0.05, 0) is 41.9 Å². The first kappa shape index (κ1) is 15.6. The first-order chi connectivity index (χ1) is 9.97. The normalized spacial score (nSPS) is 10.7. The van der Waals surface area contributed by atoms with Crippen LogP contribution in [0, 0.1) is 5.82 Å². The van der Waals surface area contributed by atoms with Crippen molar-refractivity contribution in [2.24, 2.45) is 0 Å². The number of ether oxygens (including phenoxy) is 1. The number of nitrogen functional groups attached to an aromatic ring is 1. The second kappa shape index (κ2) is 6.76. The van der Waals surface area contributed by atoms with E-state index in [1.54, 1.807) is 6.20 Å². The Kier molecular flexibility index (Phi) is 5.01. The summed E-state index contributed by atoms with van der Waals surface area (Å²) in [5.41, 5.74) is 7.76. The van der Waals surface area contributed by atoms with Crippen LogP contribution in [0.25, 0.3) is 0 Å². The lowest BCUT2D eigenvalue weighted by molar-refractivity contribution is 0.230. The van der Waals surface area contributed by atoms with E-state index in [2.05, 4.69) is 26.2 Å². The van der Waals surface area contributed by atoms with Crippen molar-refractivity contribution in [3.05, 3.63) is 46.3 Å². The molecule has 0 atom stereocenters. The molecule has 0 radical (unpaired) electrons. The van der Waals surface area contributed by atoms with E-state index in [1.165, 1.54) is 12.1 Å². The molecule has 1 aromatic heterocycles. The zero-order chi connectivity index (χ0) is 15.4. The Morgan fingerprint density at radius 3 is 2.90 bits per heavy atom. The van der Waals surface area contributed by atoms with E-state index in [9.17, 15) is 4.39 Å². The van der Waals surface area contributed by atoms with E-state index in [0.717, 1.165) is 5.56 Å². The standard InChI is InChI=1S/C15H17BrFN3O/c1-9(2)21-15-10(4-3-5-19-15)8-20-14-7-12(17)11(16)6-13(14)18/h3-7,9,20H,8,18H2,1-2H3. The van der Waals surface area contributed by atoms with Gasteiger partial charge >= 0.3 is 0 Å². The minimum absolute atomic E-state index is 0.0360. The highest BCUT2D eigenvalue weighted by Gasteiger charge is 2.09. The molecule has 0 amide bonds. The maximum absolute atomic E-state index is 13.6. The molecule has 0 saturated carbocycles. The molecule has 0 saturated heterocycles. The van der Waals surface area contributed by atoms with E-state index in [1.807, 2.05) is 26.0 Å². The van der Waals surface area contributed by atoms with Crippen molar-refractivity contribution < 1.29 is 9.13 Å². The van der Waals surface area contributed by atoms with Crippen LogP contribution in [0.1, 0.15) is 19.4 Å². The molecule has 0 aliphatic carbocycles. The largest absolute Gasteiger partial charge is 0.475 e. The van der Waals surface area contributed by atoms with E-state index in [4.69, 9.17) is 10.5 Å². The Labute approximate surface area is 131 Å². The van der Waals surface area contributed by atoms with Crippen LogP contribution in [-0.4, -0.2) is 11.1 Å². The molecule has 21 heavy (non-hydrogen) atoms. The summed E-state index contributed by atoms with van der Waals surface area (Å²) in [4.78, 5) is 4.21. The highest BCUT2D eigenvalue weighted by Crippen LogP contribution is 2.27. The number of aromatic nitrogens is 1. The van der Waals surface area contributed by atoms with Crippen LogP contribution in [0.3, 0.4) is 0 Å². The van der Waals surface area contributed by atoms with Crippen molar-refractivity contribution in [3.8, 4) is 5.88 Å². The lowest BCUT2D eigenvalue weighted by atomic mass is 10.2. The van der Waals surface area contributed by atoms with E-state index < -0.39 is 0 Å². The zero-order valence-electron chi connectivity index (χ0n) is 11.9. The molecule has 0 unspecified atom stereocenters. The fourth-order valence-electron chi connectivity index (χ4n) is 1.79. The fraction of sp³-hybridized carbons (Fsp3) is 0.267. The SMILES string of the molecule is CC(C)Oc1ncccc1CNc1cc(F)c(Br)cc1N. The number of nitrogens with two attached hydrogens (primary N) is 1. The Morgan fingerprint density at radius 2 is 2.19 bits per heavy atom. The molecule has 1 aromatic carbocycles. The van der Waals surface area contributed by atoms with Crippen LogP contribution in [0.15, 0.2) is 34.9 Å². The van der Waals surface area contributed by atoms with Gasteiger partial charge < -0.3 is 15.8 Å². The second-order valence-corrected chi connectivity index (χ2v) is 5.70. The van der Waals surface area contributed by atoms with Crippen molar-refractivity contribution in [2.45, 2.75) is 26.5 Å². The number of hydrogen-bond donors (Lipinski definition) is 2. The van der Waals surface area contributed by atoms with Gasteiger partial charge in [0.2, 0.25) is 5.88 Å². The van der Waals surface area contributed by atoms with Crippen LogP contribution < -0.4 is 15.8 Å². The molecule has 1 heterocycles. The molecule has 6 heteroatoms. The molecule has 0 spiro atoms. The van der Waals surface area contributed by atoms with Crippen LogP contribution in [0.5, 0.6) is 5.88 Å². The Morgan fingerprint density at radius 1 is 1.43 bits per heavy atom. The average Bonchev–Trinajstić information content (AvgIpc) is 2.42. The quantitative estimate of drug-likeness (QED) is 0.798. The monoisotopic (exact) mass is 353 g/mol. The van der Waals surface area contributed by atoms with Crippen LogP contribution >= 0.6 is 15.9 Å². The number of rotatable bonds is 5. The molecule has 0 fully saturated rings. The molecule has 0 bridgehead atoms. The van der Waals surface area contributed by atoms with Crippen molar-refractivity contribution in [3.63, 3.8) is 0 Å². The van der Waals surface area contributed by atoms with Gasteiger partial charge in [-0.3, -0.25) is 0 Å². The van der Waals surface area contributed by atoms with E-state index in [-0.39, 0.29) is 11.9 Å². The zero-order valence-corrected chi connectivity index (χ0v) is 13.4. The highest BCUT2D eigenvalue weighted by molar-refractivity contribution is 9.10. The summed E-state index contributed by atoms with van der Waals surface area (Å²) in [5.74, 6) is 0.202. The van der Waals surface area contributed by atoms with Gasteiger partial charge in [-0.2, -0.15) is 0 Å². The van der Waals surface area contributed by atoms with Gasteiger partial charge in [-0.25, -0.2) is 9.37 Å². The Hall–Kier alpha value is -1.82. The summed E-state index contributed by atoms with van der Waals surface area (Å²) >= 11 is 3.10. The number of hydrogen-bond acceptors (Lipinski definition) is 4. The Balaban J connectivity index is 2.15. The maximum atomic E-state index is 13.6. The third kappa shape index (κ3) is 4.07. The minimum atomic E-state index is -0.364. The number of nitrogens with one attached hydrogen (secondary N) is 1. The number of nitrogens with zero attached hydrogens (tertiary/aromatic N) is 1. The van der Waals surface area contributed by atoms with Gasteiger partial charge in [0.1, 0.15) is 5.82 Å². The Bertz CT molecular complexity index is 634. The fourth-order valence-corrected chi connectivity index (χ4v) is 2.15. The molecule has 112 valence electrons.